The van der Waals surface area contributed by atoms with Gasteiger partial charge in [0, 0.05) is 25.2 Å². The molecule has 2 rings (SSSR count). The minimum atomic E-state index is -0.254. The Morgan fingerprint density at radius 2 is 1.74 bits per heavy atom. The molecule has 0 aliphatic rings. The van der Waals surface area contributed by atoms with Crippen LogP contribution in [0.25, 0.3) is 0 Å². The number of benzene rings is 2. The summed E-state index contributed by atoms with van der Waals surface area (Å²) < 4.78 is 10.6. The molecule has 0 saturated carbocycles. The maximum absolute atomic E-state index is 13.0. The molecule has 0 bridgehead atoms. The molecular weight excluding hydrogens is 344 g/mol. The molecule has 144 valence electrons. The number of aryl methyl sites for hydroxylation is 1. The van der Waals surface area contributed by atoms with E-state index in [1.54, 1.807) is 30.2 Å². The Morgan fingerprint density at radius 3 is 2.30 bits per heavy atom. The molecule has 0 radical (unpaired) electrons. The van der Waals surface area contributed by atoms with Crippen LogP contribution in [0.5, 0.6) is 11.5 Å². The standard InChI is InChI=1S/C21H26N2O4/c1-6-22(17-9-7-8-15(2)12-17)21(25)14-23(16(3)24)19-13-18(26-4)10-11-20(19)27-5/h7-13H,6,14H2,1-5H3. The van der Waals surface area contributed by atoms with Crippen molar-refractivity contribution in [2.45, 2.75) is 20.8 Å². The number of anilines is 2. The summed E-state index contributed by atoms with van der Waals surface area (Å²) in [6, 6.07) is 12.9. The first-order valence-electron chi connectivity index (χ1n) is 8.78. The van der Waals surface area contributed by atoms with Crippen LogP contribution >= 0.6 is 0 Å². The largest absolute Gasteiger partial charge is 0.497 e. The first-order chi connectivity index (χ1) is 12.9. The molecule has 0 unspecified atom stereocenters. The summed E-state index contributed by atoms with van der Waals surface area (Å²) >= 11 is 0. The summed E-state index contributed by atoms with van der Waals surface area (Å²) in [4.78, 5) is 28.4. The van der Waals surface area contributed by atoms with Gasteiger partial charge < -0.3 is 14.4 Å². The number of amides is 2. The SMILES string of the molecule is CCN(C(=O)CN(C(C)=O)c1cc(OC)ccc1OC)c1cccc(C)c1. The highest BCUT2D eigenvalue weighted by Gasteiger charge is 2.23. The number of likely N-dealkylation sites (N-methyl/N-ethyl adjacent to an activating group) is 1. The number of rotatable bonds is 7. The smallest absolute Gasteiger partial charge is 0.247 e. The molecule has 0 fully saturated rings. The van der Waals surface area contributed by atoms with Gasteiger partial charge in [0.05, 0.1) is 19.9 Å². The van der Waals surface area contributed by atoms with Gasteiger partial charge in [-0.15, -0.1) is 0 Å². The molecule has 0 saturated heterocycles. The highest BCUT2D eigenvalue weighted by molar-refractivity contribution is 6.03. The van der Waals surface area contributed by atoms with E-state index >= 15 is 0 Å². The maximum Gasteiger partial charge on any atom is 0.247 e. The van der Waals surface area contributed by atoms with Gasteiger partial charge in [-0.05, 0) is 43.7 Å². The molecule has 0 heterocycles. The minimum absolute atomic E-state index is 0.0966. The molecule has 2 aromatic carbocycles. The molecule has 0 aromatic heterocycles. The number of hydrogen-bond acceptors (Lipinski definition) is 4. The first kappa shape index (κ1) is 20.3. The summed E-state index contributed by atoms with van der Waals surface area (Å²) in [5.41, 5.74) is 2.37. The van der Waals surface area contributed by atoms with Gasteiger partial charge in [0.25, 0.3) is 0 Å². The van der Waals surface area contributed by atoms with Crippen LogP contribution in [0.1, 0.15) is 19.4 Å². The maximum atomic E-state index is 13.0. The number of carbonyl (C=O) groups excluding carboxylic acids is 2. The van der Waals surface area contributed by atoms with E-state index in [0.29, 0.717) is 23.7 Å². The zero-order valence-electron chi connectivity index (χ0n) is 16.5. The molecule has 0 spiro atoms. The van der Waals surface area contributed by atoms with E-state index in [-0.39, 0.29) is 18.4 Å². The van der Waals surface area contributed by atoms with Crippen LogP contribution in [0.4, 0.5) is 11.4 Å². The predicted octanol–water partition coefficient (Wildman–Crippen LogP) is 3.42. The third-order valence-corrected chi connectivity index (χ3v) is 4.28. The fourth-order valence-corrected chi connectivity index (χ4v) is 2.89. The topological polar surface area (TPSA) is 59.1 Å². The second-order valence-corrected chi connectivity index (χ2v) is 6.12. The van der Waals surface area contributed by atoms with Crippen LogP contribution in [0.2, 0.25) is 0 Å². The number of nitrogens with zero attached hydrogens (tertiary/aromatic N) is 2. The monoisotopic (exact) mass is 370 g/mol. The van der Waals surface area contributed by atoms with E-state index in [1.165, 1.54) is 18.9 Å². The van der Waals surface area contributed by atoms with Crippen molar-refractivity contribution in [3.05, 3.63) is 48.0 Å². The van der Waals surface area contributed by atoms with E-state index in [1.807, 2.05) is 38.1 Å². The van der Waals surface area contributed by atoms with Gasteiger partial charge in [0.15, 0.2) is 0 Å². The van der Waals surface area contributed by atoms with Crippen LogP contribution in [-0.2, 0) is 9.59 Å². The predicted molar refractivity (Wildman–Crippen MR) is 107 cm³/mol. The van der Waals surface area contributed by atoms with E-state index in [2.05, 4.69) is 0 Å². The third kappa shape index (κ3) is 4.78. The van der Waals surface area contributed by atoms with Crippen molar-refractivity contribution in [3.8, 4) is 11.5 Å². The van der Waals surface area contributed by atoms with E-state index in [4.69, 9.17) is 9.47 Å². The molecule has 2 aromatic rings. The third-order valence-electron chi connectivity index (χ3n) is 4.28. The summed E-state index contributed by atoms with van der Waals surface area (Å²) in [7, 11) is 3.07. The van der Waals surface area contributed by atoms with Crippen LogP contribution < -0.4 is 19.3 Å². The van der Waals surface area contributed by atoms with Crippen molar-refractivity contribution < 1.29 is 19.1 Å². The molecule has 2 amide bonds. The lowest BCUT2D eigenvalue weighted by Gasteiger charge is -2.27. The Balaban J connectivity index is 2.35. The molecule has 0 atom stereocenters. The lowest BCUT2D eigenvalue weighted by Crippen LogP contribution is -2.42. The minimum Gasteiger partial charge on any atom is -0.497 e. The molecule has 0 N–H and O–H groups in total. The Hall–Kier alpha value is -3.02. The molecule has 0 aliphatic heterocycles. The summed E-state index contributed by atoms with van der Waals surface area (Å²) in [6.45, 7) is 5.72. The Bertz CT molecular complexity index is 820. The van der Waals surface area contributed by atoms with Gasteiger partial charge in [-0.2, -0.15) is 0 Å². The van der Waals surface area contributed by atoms with E-state index in [0.717, 1.165) is 11.3 Å². The average molecular weight is 370 g/mol. The number of methoxy groups -OCH3 is 2. The van der Waals surface area contributed by atoms with Gasteiger partial charge in [-0.3, -0.25) is 14.5 Å². The highest BCUT2D eigenvalue weighted by atomic mass is 16.5. The fraction of sp³-hybridized carbons (Fsp3) is 0.333. The number of ether oxygens (including phenoxy) is 2. The van der Waals surface area contributed by atoms with Crippen molar-refractivity contribution in [1.29, 1.82) is 0 Å². The molecule has 0 aliphatic carbocycles. The molecule has 6 heteroatoms. The first-order valence-corrected chi connectivity index (χ1v) is 8.78. The van der Waals surface area contributed by atoms with E-state index < -0.39 is 0 Å². The Kier molecular flexibility index (Phi) is 6.82. The average Bonchev–Trinajstić information content (AvgIpc) is 2.66. The van der Waals surface area contributed by atoms with Crippen LogP contribution in [-0.4, -0.2) is 39.1 Å². The van der Waals surface area contributed by atoms with Gasteiger partial charge in [0.2, 0.25) is 11.8 Å². The number of hydrogen-bond donors (Lipinski definition) is 0. The fourth-order valence-electron chi connectivity index (χ4n) is 2.89. The van der Waals surface area contributed by atoms with Crippen LogP contribution in [0.3, 0.4) is 0 Å². The van der Waals surface area contributed by atoms with Crippen molar-refractivity contribution in [3.63, 3.8) is 0 Å². The van der Waals surface area contributed by atoms with Crippen LogP contribution in [0.15, 0.2) is 42.5 Å². The Morgan fingerprint density at radius 1 is 1.00 bits per heavy atom. The van der Waals surface area contributed by atoms with Gasteiger partial charge >= 0.3 is 0 Å². The lowest BCUT2D eigenvalue weighted by molar-refractivity contribution is -0.121. The second kappa shape index (κ2) is 9.07. The molecule has 6 nitrogen and oxygen atoms in total. The zero-order valence-corrected chi connectivity index (χ0v) is 16.5. The van der Waals surface area contributed by atoms with E-state index in [9.17, 15) is 9.59 Å². The van der Waals surface area contributed by atoms with Crippen molar-refractivity contribution in [1.82, 2.24) is 0 Å². The number of carbonyl (C=O) groups is 2. The normalized spacial score (nSPS) is 10.3. The van der Waals surface area contributed by atoms with Crippen molar-refractivity contribution in [2.24, 2.45) is 0 Å². The Labute approximate surface area is 160 Å². The van der Waals surface area contributed by atoms with Crippen molar-refractivity contribution in [2.75, 3.05) is 37.1 Å². The van der Waals surface area contributed by atoms with Crippen LogP contribution in [0, 0.1) is 6.92 Å². The van der Waals surface area contributed by atoms with Gasteiger partial charge in [-0.1, -0.05) is 12.1 Å². The summed E-state index contributed by atoms with van der Waals surface area (Å²) in [5.74, 6) is 0.645. The second-order valence-electron chi connectivity index (χ2n) is 6.12. The summed E-state index contributed by atoms with van der Waals surface area (Å²) in [6.07, 6.45) is 0. The van der Waals surface area contributed by atoms with Crippen molar-refractivity contribution >= 4 is 23.2 Å². The lowest BCUT2D eigenvalue weighted by atomic mass is 10.2. The van der Waals surface area contributed by atoms with Gasteiger partial charge in [-0.25, -0.2) is 0 Å². The zero-order chi connectivity index (χ0) is 20.0. The summed E-state index contributed by atoms with van der Waals surface area (Å²) in [5, 5.41) is 0. The quantitative estimate of drug-likeness (QED) is 0.749. The highest BCUT2D eigenvalue weighted by Crippen LogP contribution is 2.32. The van der Waals surface area contributed by atoms with Gasteiger partial charge in [0.1, 0.15) is 18.0 Å². The molecule has 27 heavy (non-hydrogen) atoms. The molecular formula is C21H26N2O4.